The van der Waals surface area contributed by atoms with Gasteiger partial charge < -0.3 is 0 Å². The minimum atomic E-state index is -1.64. The zero-order valence-corrected chi connectivity index (χ0v) is 69.3. The molecule has 0 aromatic heterocycles. The summed E-state index contributed by atoms with van der Waals surface area (Å²) in [7, 11) is -19.4. The fourth-order valence-corrected chi connectivity index (χ4v) is 109. The molecule has 394 valence electrons. The summed E-state index contributed by atoms with van der Waals surface area (Å²) in [6.07, 6.45) is 0. The van der Waals surface area contributed by atoms with E-state index in [9.17, 15) is 0 Å². The summed E-state index contributed by atoms with van der Waals surface area (Å²) in [6, 6.07) is 12.2. The molecule has 0 unspecified atom stereocenters. The second-order valence-corrected chi connectivity index (χ2v) is 112. The van der Waals surface area contributed by atoms with Crippen molar-refractivity contribution in [2.75, 3.05) is 0 Å². The molecule has 0 nitrogen and oxygen atoms in total. The van der Waals surface area contributed by atoms with Gasteiger partial charge in [0.25, 0.3) is 0 Å². The molecule has 0 amide bonds. The molecule has 0 aliphatic heterocycles. The van der Waals surface area contributed by atoms with Crippen molar-refractivity contribution < 1.29 is 0 Å². The van der Waals surface area contributed by atoms with Gasteiger partial charge in [-0.25, -0.2) is 0 Å². The summed E-state index contributed by atoms with van der Waals surface area (Å²) in [4.78, 5) is 0. The maximum atomic E-state index is 3.04. The molecule has 0 aliphatic rings. The predicted molar refractivity (Wildman–Crippen MR) is 360 cm³/mol. The van der Waals surface area contributed by atoms with E-state index in [1.54, 1.807) is 0 Å². The number of hydrogen-bond donors (Lipinski definition) is 0. The zero-order chi connectivity index (χ0) is 54.3. The van der Waals surface area contributed by atoms with Gasteiger partial charge in [-0.1, -0.05) is 0 Å². The summed E-state index contributed by atoms with van der Waals surface area (Å²) in [5, 5.41) is 4.64. The average molecular weight is 1360 g/mol. The number of benzene rings is 2. The fourth-order valence-electron chi connectivity index (χ4n) is 16.4. The first-order valence-electron chi connectivity index (χ1n) is 27.1. The molecule has 14 heteroatoms. The summed E-state index contributed by atoms with van der Waals surface area (Å²) < 4.78 is 4.10. The summed E-state index contributed by atoms with van der Waals surface area (Å²) >= 11 is -1.03. The van der Waals surface area contributed by atoms with Crippen LogP contribution in [0.2, 0.25) is 236 Å². The molecule has 0 radical (unpaired) electrons. The Balaban J connectivity index is 3.76. The first-order chi connectivity index (χ1) is 29.4. The van der Waals surface area contributed by atoms with Crippen molar-refractivity contribution in [1.82, 2.24) is 0 Å². The average Bonchev–Trinajstić information content (AvgIpc) is 2.92. The van der Waals surface area contributed by atoms with Gasteiger partial charge >= 0.3 is 463 Å². The van der Waals surface area contributed by atoms with E-state index >= 15 is 0 Å². The Morgan fingerprint density at radius 2 is 0.324 bits per heavy atom. The van der Waals surface area contributed by atoms with Crippen LogP contribution in [0.5, 0.6) is 0 Å². The third-order valence-corrected chi connectivity index (χ3v) is 82.5. The molecule has 0 fully saturated rings. The van der Waals surface area contributed by atoms with Crippen molar-refractivity contribution in [2.45, 2.75) is 267 Å². The monoisotopic (exact) mass is 1360 g/mol. The Labute approximate surface area is 457 Å². The molecular weight excluding hydrogens is 1240 g/mol. The molecule has 0 heterocycles. The maximum absolute atomic E-state index is 3.04. The van der Waals surface area contributed by atoms with Gasteiger partial charge in [0.1, 0.15) is 0 Å². The van der Waals surface area contributed by atoms with Gasteiger partial charge in [0, 0.05) is 0 Å². The van der Waals surface area contributed by atoms with Crippen LogP contribution in [0.4, 0.5) is 0 Å². The molecule has 0 saturated carbocycles. The van der Waals surface area contributed by atoms with Crippen LogP contribution in [0.25, 0.3) is 0 Å². The summed E-state index contributed by atoms with van der Waals surface area (Å²) in [5.74, 6) is 0. The standard InChI is InChI=1S/C54H118Si12Te2/c1-55(2,3)49(56(4,5)6)41-37-43(51(59(13,14)15)60(16,17)18)47(44(38-41)52(61(19,20)21)62(22,23)24)67-68-48-45(53(63(25,26)27)64(28,29)30)39-42(50(57(7,8)9)58(10,11)12)40-46(48)54(65(31,32)33)66(34,35)36/h37-40,49-54H,1-36H3. The molecule has 0 spiro atoms. The van der Waals surface area contributed by atoms with Crippen LogP contribution in [0.1, 0.15) is 64.4 Å². The van der Waals surface area contributed by atoms with Crippen molar-refractivity contribution in [3.05, 3.63) is 57.6 Å². The van der Waals surface area contributed by atoms with Gasteiger partial charge in [0.2, 0.25) is 0 Å². The predicted octanol–water partition coefficient (Wildman–Crippen LogP) is 18.0. The van der Waals surface area contributed by atoms with Gasteiger partial charge in [0.05, 0.1) is 0 Å². The van der Waals surface area contributed by atoms with Crippen molar-refractivity contribution in [3.63, 3.8) is 0 Å². The van der Waals surface area contributed by atoms with E-state index in [0.717, 1.165) is 31.0 Å². The van der Waals surface area contributed by atoms with E-state index < -0.39 is 131 Å². The molecular formula is C54H118Si12Te2. The Hall–Kier alpha value is 2.62. The minimum absolute atomic E-state index is 0.514. The van der Waals surface area contributed by atoms with Crippen LogP contribution in [0.3, 0.4) is 0 Å². The van der Waals surface area contributed by atoms with Crippen molar-refractivity contribution in [1.29, 1.82) is 0 Å². The Bertz CT molecular complexity index is 1690. The second-order valence-electron chi connectivity index (χ2n) is 35.2. The van der Waals surface area contributed by atoms with E-state index in [2.05, 4.69) is 267 Å². The van der Waals surface area contributed by atoms with Crippen LogP contribution in [0, 0.1) is 0 Å². The molecule has 2 aromatic carbocycles. The van der Waals surface area contributed by atoms with Crippen molar-refractivity contribution in [3.8, 4) is 0 Å². The molecule has 68 heavy (non-hydrogen) atoms. The molecule has 2 aromatic rings. The Kier molecular flexibility index (Phi) is 21.4. The quantitative estimate of drug-likeness (QED) is 0.109. The summed E-state index contributed by atoms with van der Waals surface area (Å²) in [6.45, 7) is 99.6. The first kappa shape index (κ1) is 66.7. The molecule has 0 atom stereocenters. The zero-order valence-electron chi connectivity index (χ0n) is 52.6. The number of hydrogen-bond acceptors (Lipinski definition) is 0. The molecule has 0 saturated heterocycles. The van der Waals surface area contributed by atoms with Crippen LogP contribution in [-0.4, -0.2) is 131 Å². The Morgan fingerprint density at radius 1 is 0.206 bits per heavy atom. The van der Waals surface area contributed by atoms with Crippen LogP contribution < -0.4 is 7.22 Å². The van der Waals surface area contributed by atoms with E-state index in [0.29, 0.717) is 0 Å². The van der Waals surface area contributed by atoms with E-state index in [1.165, 1.54) is 0 Å². The third-order valence-electron chi connectivity index (χ3n) is 14.8. The van der Waals surface area contributed by atoms with Crippen molar-refractivity contribution in [2.24, 2.45) is 0 Å². The van der Waals surface area contributed by atoms with E-state index in [4.69, 9.17) is 0 Å². The fraction of sp³-hybridized carbons (Fsp3) is 0.778. The molecule has 2 rings (SSSR count). The van der Waals surface area contributed by atoms with Gasteiger partial charge in [0.15, 0.2) is 0 Å². The van der Waals surface area contributed by atoms with Gasteiger partial charge in [-0.3, -0.25) is 0 Å². The normalized spacial score (nSPS) is 15.4. The summed E-state index contributed by atoms with van der Waals surface area (Å²) in [5.41, 5.74) is 11.5. The molecule has 0 N–H and O–H groups in total. The topological polar surface area (TPSA) is 0 Å². The Morgan fingerprint density at radius 3 is 0.426 bits per heavy atom. The van der Waals surface area contributed by atoms with Gasteiger partial charge in [-0.2, -0.15) is 0 Å². The van der Waals surface area contributed by atoms with Crippen LogP contribution in [-0.2, 0) is 0 Å². The second kappa shape index (κ2) is 21.8. The third kappa shape index (κ3) is 17.1. The van der Waals surface area contributed by atoms with Gasteiger partial charge in [-0.15, -0.1) is 0 Å². The first-order valence-corrected chi connectivity index (χ1v) is 79.7. The molecule has 0 aliphatic carbocycles. The molecule has 0 bridgehead atoms. The van der Waals surface area contributed by atoms with E-state index in [1.807, 2.05) is 33.4 Å². The SMILES string of the molecule is C[Si](C)(C)C(c1cc(C([Si](C)(C)C)[Si](C)(C)C)c([Te][Te]c2c(C([Si](C)(C)C)[Si](C)(C)C)cc(C([Si](C)(C)C)[Si](C)(C)C)cc2C([Si](C)(C)C)[Si](C)(C)C)c(C([Si](C)(C)C)[Si](C)(C)C)c1)[Si](C)(C)C. The van der Waals surface area contributed by atoms with Crippen LogP contribution >= 0.6 is 0 Å². The van der Waals surface area contributed by atoms with Crippen LogP contribution in [0.15, 0.2) is 24.3 Å². The van der Waals surface area contributed by atoms with E-state index in [-0.39, 0.29) is 0 Å². The van der Waals surface area contributed by atoms with Gasteiger partial charge in [-0.05, 0) is 0 Å². The van der Waals surface area contributed by atoms with Crippen molar-refractivity contribution >= 4 is 138 Å². The number of rotatable bonds is 21.